The molecule has 2 aliphatic carbocycles. The number of hydrogen-bond acceptors (Lipinski definition) is 12. The molecule has 0 fully saturated rings. The van der Waals surface area contributed by atoms with Crippen LogP contribution in [0.15, 0.2) is 255 Å². The van der Waals surface area contributed by atoms with Crippen LogP contribution in [0.1, 0.15) is 22.3 Å². The lowest BCUT2D eigenvalue weighted by atomic mass is 9.99. The van der Waals surface area contributed by atoms with Crippen LogP contribution in [0.2, 0.25) is 0 Å². The zero-order chi connectivity index (χ0) is 55.8. The first-order valence-electron chi connectivity index (χ1n) is 27.7. The zero-order valence-corrected chi connectivity index (χ0v) is 45.0. The third-order valence-corrected chi connectivity index (χ3v) is 15.2. The van der Waals surface area contributed by atoms with Gasteiger partial charge in [0.1, 0.15) is 18.3 Å². The van der Waals surface area contributed by atoms with E-state index in [0.29, 0.717) is 40.6 Å². The van der Waals surface area contributed by atoms with Crippen molar-refractivity contribution >= 4 is 10.8 Å². The Labute approximate surface area is 483 Å². The maximum atomic E-state index is 4.97. The summed E-state index contributed by atoms with van der Waals surface area (Å²) in [5, 5.41) is 2.25. The predicted molar refractivity (Wildman–Crippen MR) is 329 cm³/mol. The summed E-state index contributed by atoms with van der Waals surface area (Å²) in [6.45, 7) is 0. The fourth-order valence-electron chi connectivity index (χ4n) is 11.1. The average Bonchev–Trinajstić information content (AvgIpc) is 4.07. The molecule has 2 aliphatic rings. The molecule has 12 heteroatoms. The maximum Gasteiger partial charge on any atom is 0.182 e. The first-order valence-corrected chi connectivity index (χ1v) is 27.7. The van der Waals surface area contributed by atoms with Gasteiger partial charge in [-0.25, -0.2) is 54.8 Å². The predicted octanol–water partition coefficient (Wildman–Crippen LogP) is 15.4. The van der Waals surface area contributed by atoms with Crippen molar-refractivity contribution in [3.8, 4) is 125 Å². The van der Waals surface area contributed by atoms with Crippen molar-refractivity contribution in [1.29, 1.82) is 0 Å². The summed E-state index contributed by atoms with van der Waals surface area (Å²) in [6.07, 6.45) is 6.78. The SMILES string of the molecule is c1ccc(-c2nc(-c3ccccc3)nc(-c3ccc4ccc(-c5ncnc6c5Cc5ccccc5-6)cc4c3)n2)cc1.c1ccc(-c2nc(-c3ccccc3)nc(-c3cccc(-c4cc(-c5ncnc6c5Cc5ccccc5-6)ccn4)n3)n2)cc1. The van der Waals surface area contributed by atoms with Gasteiger partial charge in [-0.2, -0.15) is 0 Å². The minimum atomic E-state index is 0.497. The number of benzene rings is 8. The van der Waals surface area contributed by atoms with Crippen LogP contribution < -0.4 is 0 Å². The molecule has 0 N–H and O–H groups in total. The van der Waals surface area contributed by atoms with Crippen LogP contribution in [0, 0.1) is 0 Å². The molecule has 0 bridgehead atoms. The molecule has 0 atom stereocenters. The lowest BCUT2D eigenvalue weighted by Crippen LogP contribution is -2.01. The summed E-state index contributed by atoms with van der Waals surface area (Å²) in [5.41, 5.74) is 20.0. The Kier molecular flexibility index (Phi) is 12.7. The monoisotopic (exact) mass is 1080 g/mol. The van der Waals surface area contributed by atoms with Crippen LogP contribution in [0.25, 0.3) is 136 Å². The summed E-state index contributed by atoms with van der Waals surface area (Å²) in [7, 11) is 0. The van der Waals surface area contributed by atoms with Crippen LogP contribution in [-0.4, -0.2) is 59.8 Å². The normalized spacial score (nSPS) is 11.7. The number of nitrogens with zero attached hydrogens (tertiary/aromatic N) is 12. The van der Waals surface area contributed by atoms with Gasteiger partial charge in [0.15, 0.2) is 34.9 Å². The molecule has 0 amide bonds. The summed E-state index contributed by atoms with van der Waals surface area (Å²) < 4.78 is 0. The number of hydrogen-bond donors (Lipinski definition) is 0. The fraction of sp³-hybridized carbons (Fsp3) is 0.0278. The Morgan fingerprint density at radius 1 is 0.238 bits per heavy atom. The molecule has 12 nitrogen and oxygen atoms in total. The summed E-state index contributed by atoms with van der Waals surface area (Å²) in [4.78, 5) is 57.5. The van der Waals surface area contributed by atoms with Crippen LogP contribution in [0.3, 0.4) is 0 Å². The molecule has 6 aromatic heterocycles. The maximum absolute atomic E-state index is 4.97. The van der Waals surface area contributed by atoms with Crippen LogP contribution in [0.5, 0.6) is 0 Å². The van der Waals surface area contributed by atoms with Crippen LogP contribution in [-0.2, 0) is 12.8 Å². The van der Waals surface area contributed by atoms with Gasteiger partial charge < -0.3 is 0 Å². The van der Waals surface area contributed by atoms with Gasteiger partial charge in [-0.05, 0) is 58.3 Å². The van der Waals surface area contributed by atoms with Crippen molar-refractivity contribution in [3.05, 3.63) is 278 Å². The third kappa shape index (κ3) is 9.58. The van der Waals surface area contributed by atoms with Gasteiger partial charge in [-0.1, -0.05) is 200 Å². The molecular formula is C72H46N12. The Morgan fingerprint density at radius 2 is 0.643 bits per heavy atom. The van der Waals surface area contributed by atoms with E-state index >= 15 is 0 Å². The second-order valence-corrected chi connectivity index (χ2v) is 20.5. The van der Waals surface area contributed by atoms with E-state index in [0.717, 1.165) is 102 Å². The number of rotatable bonds is 9. The largest absolute Gasteiger partial charge is 0.255 e. The van der Waals surface area contributed by atoms with Crippen molar-refractivity contribution < 1.29 is 0 Å². The van der Waals surface area contributed by atoms with E-state index < -0.39 is 0 Å². The summed E-state index contributed by atoms with van der Waals surface area (Å²) >= 11 is 0. The first kappa shape index (κ1) is 49.5. The molecule has 8 aromatic carbocycles. The number of fused-ring (bicyclic) bond motifs is 7. The van der Waals surface area contributed by atoms with Gasteiger partial charge in [0.25, 0.3) is 0 Å². The molecule has 0 unspecified atom stereocenters. The number of aromatic nitrogens is 12. The molecule has 0 saturated carbocycles. The summed E-state index contributed by atoms with van der Waals surface area (Å²) in [6, 6.07) is 79.6. The Balaban J connectivity index is 0.000000143. The van der Waals surface area contributed by atoms with Crippen molar-refractivity contribution in [2.24, 2.45) is 0 Å². The van der Waals surface area contributed by atoms with E-state index in [4.69, 9.17) is 44.9 Å². The third-order valence-electron chi connectivity index (χ3n) is 15.2. The van der Waals surface area contributed by atoms with E-state index in [1.807, 2.05) is 152 Å². The fourth-order valence-corrected chi connectivity index (χ4v) is 11.1. The van der Waals surface area contributed by atoms with Crippen LogP contribution in [0.4, 0.5) is 0 Å². The molecule has 0 radical (unpaired) electrons. The highest BCUT2D eigenvalue weighted by atomic mass is 15.1. The van der Waals surface area contributed by atoms with Crippen LogP contribution >= 0.6 is 0 Å². The van der Waals surface area contributed by atoms with Crippen molar-refractivity contribution in [2.45, 2.75) is 12.8 Å². The lowest BCUT2D eigenvalue weighted by Gasteiger charge is -2.10. The van der Waals surface area contributed by atoms with E-state index in [2.05, 4.69) is 99.9 Å². The van der Waals surface area contributed by atoms with Crippen molar-refractivity contribution in [1.82, 2.24) is 59.8 Å². The molecule has 16 rings (SSSR count). The minimum absolute atomic E-state index is 0.497. The Morgan fingerprint density at radius 3 is 1.15 bits per heavy atom. The molecule has 14 aromatic rings. The van der Waals surface area contributed by atoms with E-state index in [1.165, 1.54) is 27.8 Å². The van der Waals surface area contributed by atoms with Gasteiger partial charge in [-0.15, -0.1) is 0 Å². The Hall–Kier alpha value is -11.5. The molecule has 394 valence electrons. The Bertz CT molecular complexity index is 4680. The van der Waals surface area contributed by atoms with Crippen molar-refractivity contribution in [3.63, 3.8) is 0 Å². The van der Waals surface area contributed by atoms with Gasteiger partial charge >= 0.3 is 0 Å². The lowest BCUT2D eigenvalue weighted by molar-refractivity contribution is 1.06. The quantitative estimate of drug-likeness (QED) is 0.135. The highest BCUT2D eigenvalue weighted by Gasteiger charge is 2.26. The minimum Gasteiger partial charge on any atom is -0.255 e. The van der Waals surface area contributed by atoms with E-state index in [-0.39, 0.29) is 0 Å². The highest BCUT2D eigenvalue weighted by Crippen LogP contribution is 2.42. The molecular weight excluding hydrogens is 1030 g/mol. The number of pyridine rings is 2. The van der Waals surface area contributed by atoms with E-state index in [9.17, 15) is 0 Å². The standard InChI is InChI=1S/C36H23N7.C36H23N5/c1-3-10-23(11-4-1)34-41-35(24-12-5-2-6-13-24)43-36(42-34)30-17-9-16-29(40-30)31-21-26(18-19-37-31)32-28-20-25-14-7-8-15-27(25)33(28)39-22-38-32;1-3-9-24(10-4-1)34-39-35(25-11-5-2-6-12-25)41-36(40-34)28-18-16-23-15-17-27(19-29(23)20-28)32-31-21-26-13-7-8-14-30(26)33(31)38-22-37-32/h1-19,21-22H,20H2;1-20,22H,21H2. The second kappa shape index (κ2) is 21.5. The molecule has 0 spiro atoms. The van der Waals surface area contributed by atoms with Crippen molar-refractivity contribution in [2.75, 3.05) is 0 Å². The topological polar surface area (TPSA) is 155 Å². The van der Waals surface area contributed by atoms with Gasteiger partial charge in [-0.3, -0.25) is 4.98 Å². The highest BCUT2D eigenvalue weighted by molar-refractivity contribution is 5.92. The zero-order valence-electron chi connectivity index (χ0n) is 45.0. The smallest absolute Gasteiger partial charge is 0.182 e. The van der Waals surface area contributed by atoms with E-state index in [1.54, 1.807) is 18.9 Å². The van der Waals surface area contributed by atoms with Gasteiger partial charge in [0.2, 0.25) is 0 Å². The first-order chi connectivity index (χ1) is 41.6. The molecule has 0 saturated heterocycles. The van der Waals surface area contributed by atoms with Gasteiger partial charge in [0, 0.05) is 80.2 Å². The average molecular weight is 1080 g/mol. The van der Waals surface area contributed by atoms with Gasteiger partial charge in [0.05, 0.1) is 34.2 Å². The molecule has 6 heterocycles. The molecule has 0 aliphatic heterocycles. The summed E-state index contributed by atoms with van der Waals surface area (Å²) in [5.74, 6) is 3.63. The second-order valence-electron chi connectivity index (χ2n) is 20.5. The molecule has 84 heavy (non-hydrogen) atoms.